The summed E-state index contributed by atoms with van der Waals surface area (Å²) in [5, 5.41) is 20.8. The summed E-state index contributed by atoms with van der Waals surface area (Å²) in [7, 11) is -16.7. The second-order valence-corrected chi connectivity index (χ2v) is 10.6. The smallest absolute Gasteiger partial charge is 0.387 e. The molecule has 1 fully saturated rings. The van der Waals surface area contributed by atoms with Crippen LogP contribution < -0.4 is 5.69 Å². The van der Waals surface area contributed by atoms with Gasteiger partial charge in [-0.3, -0.25) is 9.09 Å². The summed E-state index contributed by atoms with van der Waals surface area (Å²) in [6.07, 6.45) is -3.65. The maximum Gasteiger partial charge on any atom is 0.490 e. The predicted molar refractivity (Wildman–Crippen MR) is 96.1 cm³/mol. The van der Waals surface area contributed by atoms with Crippen molar-refractivity contribution in [3.8, 4) is 0 Å². The molecule has 31 heavy (non-hydrogen) atoms. The van der Waals surface area contributed by atoms with Gasteiger partial charge in [0.1, 0.15) is 24.0 Å². The van der Waals surface area contributed by atoms with Crippen LogP contribution in [0.15, 0.2) is 23.3 Å². The van der Waals surface area contributed by atoms with Crippen LogP contribution in [0.25, 0.3) is 11.0 Å². The molecule has 1 aliphatic heterocycles. The Morgan fingerprint density at radius 1 is 1.10 bits per heavy atom. The third kappa shape index (κ3) is 5.94. The highest BCUT2D eigenvalue weighted by Gasteiger charge is 2.46. The van der Waals surface area contributed by atoms with E-state index in [2.05, 4.69) is 23.1 Å². The standard InChI is InChI=1S/C11H16N3O14P3/c15-7-6(4-25-30(21,22)28-31(23,24)27-29(18,19)20)26-10(8(7)16)14-3-5-1-2-12-9(5)13-11(14)17/h1-3,6-8,10,15-16H,4H2,(H,21,22)(H,23,24)(H,12,13,17)(H2,18,19,20)/t6-,7?,8+,10-/m1/s1. The van der Waals surface area contributed by atoms with Gasteiger partial charge in [-0.05, 0) is 6.07 Å². The number of fused-ring (bicyclic) bond motifs is 1. The molecule has 7 N–H and O–H groups in total. The number of phosphoric acid groups is 3. The minimum absolute atomic E-state index is 0.262. The van der Waals surface area contributed by atoms with Crippen LogP contribution in [0, 0.1) is 0 Å². The lowest BCUT2D eigenvalue weighted by Gasteiger charge is -2.19. The van der Waals surface area contributed by atoms with Crippen molar-refractivity contribution in [2.24, 2.45) is 0 Å². The highest BCUT2D eigenvalue weighted by Crippen LogP contribution is 2.66. The van der Waals surface area contributed by atoms with E-state index in [0.717, 1.165) is 4.57 Å². The summed E-state index contributed by atoms with van der Waals surface area (Å²) in [5.74, 6) is 0. The molecule has 2 aromatic heterocycles. The van der Waals surface area contributed by atoms with Crippen molar-refractivity contribution in [3.05, 3.63) is 28.9 Å². The molecule has 0 spiro atoms. The molecule has 6 atom stereocenters. The van der Waals surface area contributed by atoms with Gasteiger partial charge in [0.2, 0.25) is 0 Å². The molecule has 1 aliphatic rings. The van der Waals surface area contributed by atoms with Gasteiger partial charge in [0, 0.05) is 17.8 Å². The van der Waals surface area contributed by atoms with E-state index in [4.69, 9.17) is 19.4 Å². The molecule has 2 aromatic rings. The van der Waals surface area contributed by atoms with E-state index in [0.29, 0.717) is 5.39 Å². The van der Waals surface area contributed by atoms with E-state index in [1.165, 1.54) is 12.4 Å². The Morgan fingerprint density at radius 3 is 2.42 bits per heavy atom. The first-order valence-electron chi connectivity index (χ1n) is 8.04. The third-order valence-electron chi connectivity index (χ3n) is 3.89. The minimum atomic E-state index is -5.72. The van der Waals surface area contributed by atoms with Crippen molar-refractivity contribution in [1.29, 1.82) is 0 Å². The van der Waals surface area contributed by atoms with Crippen LogP contribution in [0.2, 0.25) is 0 Å². The average Bonchev–Trinajstić information content (AvgIpc) is 3.14. The maximum absolute atomic E-state index is 12.2. The topological polar surface area (TPSA) is 260 Å². The number of nitrogens with zero attached hydrogens (tertiary/aromatic N) is 2. The number of nitrogens with one attached hydrogen (secondary N) is 1. The summed E-state index contributed by atoms with van der Waals surface area (Å²) in [6, 6.07) is 1.57. The maximum atomic E-state index is 12.2. The molecule has 0 radical (unpaired) electrons. The predicted octanol–water partition coefficient (Wildman–Crippen LogP) is -1.31. The first-order chi connectivity index (χ1) is 14.2. The highest BCUT2D eigenvalue weighted by molar-refractivity contribution is 7.66. The molecular weight excluding hydrogens is 491 g/mol. The normalized spacial score (nSPS) is 28.5. The van der Waals surface area contributed by atoms with E-state index >= 15 is 0 Å². The van der Waals surface area contributed by atoms with E-state index in [1.807, 2.05) is 0 Å². The Labute approximate surface area is 171 Å². The molecule has 0 bridgehead atoms. The fourth-order valence-corrected chi connectivity index (χ4v) is 5.71. The molecule has 17 nitrogen and oxygen atoms in total. The van der Waals surface area contributed by atoms with Crippen LogP contribution in [-0.4, -0.2) is 69.2 Å². The Kier molecular flexibility index (Phi) is 6.73. The van der Waals surface area contributed by atoms with E-state index in [9.17, 15) is 33.6 Å². The van der Waals surface area contributed by atoms with Crippen LogP contribution in [0.5, 0.6) is 0 Å². The first-order valence-corrected chi connectivity index (χ1v) is 12.6. The molecular formula is C11H16N3O14P3. The number of phosphoric ester groups is 1. The van der Waals surface area contributed by atoms with Gasteiger partial charge in [0.05, 0.1) is 6.61 Å². The van der Waals surface area contributed by atoms with Gasteiger partial charge in [-0.15, -0.1) is 0 Å². The second-order valence-electron chi connectivity index (χ2n) is 6.15. The van der Waals surface area contributed by atoms with Gasteiger partial charge in [-0.1, -0.05) is 0 Å². The molecule has 0 saturated carbocycles. The number of hydrogen-bond acceptors (Lipinski definition) is 11. The number of ether oxygens (including phenoxy) is 1. The van der Waals surface area contributed by atoms with E-state index in [-0.39, 0.29) is 5.65 Å². The lowest BCUT2D eigenvalue weighted by Crippen LogP contribution is -2.36. The summed E-state index contributed by atoms with van der Waals surface area (Å²) >= 11 is 0. The number of aromatic amines is 1. The monoisotopic (exact) mass is 507 g/mol. The van der Waals surface area contributed by atoms with Gasteiger partial charge in [-0.25, -0.2) is 18.5 Å². The Balaban J connectivity index is 1.69. The lowest BCUT2D eigenvalue weighted by atomic mass is 10.1. The first kappa shape index (κ1) is 24.4. The highest BCUT2D eigenvalue weighted by atomic mass is 31.3. The molecule has 3 unspecified atom stereocenters. The SMILES string of the molecule is O=c1nc2[nH]ccc2cn1[C@@H]1O[C@H](COP(=O)(O)OP(=O)(O)OP(=O)(O)O)C(O)[C@@H]1O. The molecule has 0 aliphatic carbocycles. The molecule has 0 aromatic carbocycles. The van der Waals surface area contributed by atoms with Crippen LogP contribution >= 0.6 is 23.5 Å². The summed E-state index contributed by atoms with van der Waals surface area (Å²) in [5.41, 5.74) is -0.585. The third-order valence-corrected chi connectivity index (χ3v) is 7.69. The summed E-state index contributed by atoms with van der Waals surface area (Å²) in [6.45, 7) is -1.01. The number of aliphatic hydroxyl groups excluding tert-OH is 2. The number of aliphatic hydroxyl groups is 2. The van der Waals surface area contributed by atoms with Crippen molar-refractivity contribution in [2.75, 3.05) is 6.61 Å². The van der Waals surface area contributed by atoms with Crippen LogP contribution in [-0.2, 0) is 31.6 Å². The van der Waals surface area contributed by atoms with Gasteiger partial charge in [-0.2, -0.15) is 13.6 Å². The Hall–Kier alpha value is -1.29. The number of aromatic nitrogens is 3. The Morgan fingerprint density at radius 2 is 1.77 bits per heavy atom. The fraction of sp³-hybridized carbons (Fsp3) is 0.455. The minimum Gasteiger partial charge on any atom is -0.387 e. The van der Waals surface area contributed by atoms with Crippen LogP contribution in [0.3, 0.4) is 0 Å². The van der Waals surface area contributed by atoms with Crippen molar-refractivity contribution < 1.29 is 61.4 Å². The van der Waals surface area contributed by atoms with Gasteiger partial charge < -0.3 is 39.5 Å². The quantitative estimate of drug-likeness (QED) is 0.205. The zero-order chi connectivity index (χ0) is 23.2. The van der Waals surface area contributed by atoms with Crippen LogP contribution in [0.4, 0.5) is 0 Å². The molecule has 1 saturated heterocycles. The van der Waals surface area contributed by atoms with E-state index < -0.39 is 60.3 Å². The Bertz CT molecular complexity index is 1160. The average molecular weight is 507 g/mol. The van der Waals surface area contributed by atoms with Gasteiger partial charge in [0.25, 0.3) is 0 Å². The van der Waals surface area contributed by atoms with Crippen molar-refractivity contribution in [1.82, 2.24) is 14.5 Å². The molecule has 3 heterocycles. The summed E-state index contributed by atoms with van der Waals surface area (Å²) < 4.78 is 51.3. The molecule has 0 amide bonds. The van der Waals surface area contributed by atoms with Crippen LogP contribution in [0.1, 0.15) is 6.23 Å². The molecule has 3 rings (SSSR count). The largest absolute Gasteiger partial charge is 0.490 e. The van der Waals surface area contributed by atoms with E-state index in [1.54, 1.807) is 6.07 Å². The van der Waals surface area contributed by atoms with Crippen molar-refractivity contribution in [3.63, 3.8) is 0 Å². The van der Waals surface area contributed by atoms with Crippen molar-refractivity contribution >= 4 is 34.5 Å². The van der Waals surface area contributed by atoms with Gasteiger partial charge >= 0.3 is 29.2 Å². The number of rotatable bonds is 8. The lowest BCUT2D eigenvalue weighted by molar-refractivity contribution is -0.0539. The zero-order valence-corrected chi connectivity index (χ0v) is 17.6. The second kappa shape index (κ2) is 8.57. The number of H-pyrrole nitrogens is 1. The van der Waals surface area contributed by atoms with Gasteiger partial charge in [0.15, 0.2) is 6.23 Å². The molecule has 20 heteroatoms. The number of hydrogen-bond donors (Lipinski definition) is 7. The summed E-state index contributed by atoms with van der Waals surface area (Å²) in [4.78, 5) is 54.1. The van der Waals surface area contributed by atoms with Crippen molar-refractivity contribution in [2.45, 2.75) is 24.5 Å². The fourth-order valence-electron chi connectivity index (χ4n) is 2.68. The molecule has 174 valence electrons. The zero-order valence-electron chi connectivity index (χ0n) is 14.9.